The van der Waals surface area contributed by atoms with Crippen LogP contribution in [-0.4, -0.2) is 20.4 Å². The Labute approximate surface area is 143 Å². The van der Waals surface area contributed by atoms with Crippen molar-refractivity contribution in [2.45, 2.75) is 17.4 Å². The summed E-state index contributed by atoms with van der Waals surface area (Å²) in [5.74, 6) is -1.52. The number of nitrogens with one attached hydrogen (secondary N) is 1. The summed E-state index contributed by atoms with van der Waals surface area (Å²) in [5.41, 5.74) is 0.613. The van der Waals surface area contributed by atoms with Gasteiger partial charge in [-0.25, -0.2) is 13.1 Å². The first-order valence-corrected chi connectivity index (χ1v) is 8.75. The third-order valence-electron chi connectivity index (χ3n) is 3.06. The lowest BCUT2D eigenvalue weighted by molar-refractivity contribution is -0.307. The Bertz CT molecular complexity index is 789. The molecule has 0 aliphatic heterocycles. The second kappa shape index (κ2) is 7.31. The molecule has 0 heterocycles. The fourth-order valence-electron chi connectivity index (χ4n) is 1.90. The van der Waals surface area contributed by atoms with E-state index < -0.39 is 22.0 Å². The lowest BCUT2D eigenvalue weighted by Crippen LogP contribution is -2.49. The van der Waals surface area contributed by atoms with Gasteiger partial charge in [0.1, 0.15) is 0 Å². The molecule has 0 saturated heterocycles. The Morgan fingerprint density at radius 2 is 1.48 bits per heavy atom. The SMILES string of the molecule is O=C([O-])[C@H](Cc1ccc(Cl)cc1)NS(=O)(=O)c1ccc(Cl)cc1. The van der Waals surface area contributed by atoms with Gasteiger partial charge < -0.3 is 9.90 Å². The van der Waals surface area contributed by atoms with Gasteiger partial charge in [-0.15, -0.1) is 0 Å². The van der Waals surface area contributed by atoms with E-state index >= 15 is 0 Å². The molecule has 0 bridgehead atoms. The first-order chi connectivity index (χ1) is 10.8. The van der Waals surface area contributed by atoms with E-state index in [0.717, 1.165) is 0 Å². The predicted molar refractivity (Wildman–Crippen MR) is 85.7 cm³/mol. The summed E-state index contributed by atoms with van der Waals surface area (Å²) < 4.78 is 26.6. The highest BCUT2D eigenvalue weighted by molar-refractivity contribution is 7.89. The molecule has 2 aromatic carbocycles. The van der Waals surface area contributed by atoms with Crippen molar-refractivity contribution < 1.29 is 18.3 Å². The number of carbonyl (C=O) groups is 1. The summed E-state index contributed by atoms with van der Waals surface area (Å²) in [5, 5.41) is 12.1. The number of carbonyl (C=O) groups excluding carboxylic acids is 1. The van der Waals surface area contributed by atoms with E-state index in [1.807, 2.05) is 0 Å². The fraction of sp³-hybridized carbons (Fsp3) is 0.133. The lowest BCUT2D eigenvalue weighted by Gasteiger charge is -2.20. The van der Waals surface area contributed by atoms with E-state index in [1.165, 1.54) is 24.3 Å². The van der Waals surface area contributed by atoms with Crippen LogP contribution in [0.3, 0.4) is 0 Å². The molecule has 0 saturated carbocycles. The molecule has 0 amide bonds. The Morgan fingerprint density at radius 3 is 1.96 bits per heavy atom. The Hall–Kier alpha value is -1.60. The monoisotopic (exact) mass is 372 g/mol. The van der Waals surface area contributed by atoms with Crippen molar-refractivity contribution in [3.8, 4) is 0 Å². The standard InChI is InChI=1S/C15H13Cl2NO4S/c16-11-3-1-10(2-4-11)9-14(15(19)20)18-23(21,22)13-7-5-12(17)6-8-13/h1-8,14,18H,9H2,(H,19,20)/p-1/t14-/m0/s1. The molecule has 0 fully saturated rings. The topological polar surface area (TPSA) is 86.3 Å². The number of carboxylic acid groups (broad SMARTS) is 1. The van der Waals surface area contributed by atoms with Gasteiger partial charge in [0.2, 0.25) is 10.0 Å². The van der Waals surface area contributed by atoms with Crippen molar-refractivity contribution in [2.24, 2.45) is 0 Å². The molecule has 0 spiro atoms. The van der Waals surface area contributed by atoms with Gasteiger partial charge in [0, 0.05) is 10.0 Å². The Kier molecular flexibility index (Phi) is 5.64. The van der Waals surface area contributed by atoms with Crippen LogP contribution in [0.5, 0.6) is 0 Å². The normalized spacial score (nSPS) is 12.8. The molecule has 0 aliphatic rings. The number of sulfonamides is 1. The second-order valence-corrected chi connectivity index (χ2v) is 7.36. The minimum absolute atomic E-state index is 0.0632. The number of benzene rings is 2. The smallest absolute Gasteiger partial charge is 0.241 e. The third-order valence-corrected chi connectivity index (χ3v) is 5.05. The van der Waals surface area contributed by atoms with Crippen LogP contribution in [-0.2, 0) is 21.2 Å². The maximum Gasteiger partial charge on any atom is 0.241 e. The number of carboxylic acids is 1. The molecular formula is C15H12Cl2NO4S-. The van der Waals surface area contributed by atoms with Crippen LogP contribution < -0.4 is 9.83 Å². The van der Waals surface area contributed by atoms with Crippen LogP contribution in [0.15, 0.2) is 53.4 Å². The van der Waals surface area contributed by atoms with E-state index in [2.05, 4.69) is 4.72 Å². The van der Waals surface area contributed by atoms with Gasteiger partial charge >= 0.3 is 0 Å². The van der Waals surface area contributed by atoms with Crippen LogP contribution in [0.4, 0.5) is 0 Å². The zero-order valence-corrected chi connectivity index (χ0v) is 14.0. The van der Waals surface area contributed by atoms with Crippen LogP contribution in [0.25, 0.3) is 0 Å². The van der Waals surface area contributed by atoms with Gasteiger partial charge in [-0.2, -0.15) is 0 Å². The number of halogens is 2. The van der Waals surface area contributed by atoms with Crippen molar-refractivity contribution in [1.82, 2.24) is 4.72 Å². The van der Waals surface area contributed by atoms with Gasteiger partial charge in [0.05, 0.1) is 16.9 Å². The molecule has 5 nitrogen and oxygen atoms in total. The zero-order valence-electron chi connectivity index (χ0n) is 11.7. The summed E-state index contributed by atoms with van der Waals surface area (Å²) in [6.45, 7) is 0. The maximum atomic E-state index is 12.2. The van der Waals surface area contributed by atoms with Crippen LogP contribution in [0, 0.1) is 0 Å². The van der Waals surface area contributed by atoms with Gasteiger partial charge in [0.15, 0.2) is 0 Å². The van der Waals surface area contributed by atoms with Crippen molar-refractivity contribution in [1.29, 1.82) is 0 Å². The summed E-state index contributed by atoms with van der Waals surface area (Å²) in [4.78, 5) is 11.2. The summed E-state index contributed by atoms with van der Waals surface area (Å²) in [6, 6.07) is 10.4. The second-order valence-electron chi connectivity index (χ2n) is 4.78. The minimum Gasteiger partial charge on any atom is -0.548 e. The van der Waals surface area contributed by atoms with Gasteiger partial charge in [0.25, 0.3) is 0 Å². The van der Waals surface area contributed by atoms with Crippen LogP contribution >= 0.6 is 23.2 Å². The maximum absolute atomic E-state index is 12.2. The molecule has 1 atom stereocenters. The molecule has 2 rings (SSSR count). The van der Waals surface area contributed by atoms with Gasteiger partial charge in [-0.1, -0.05) is 35.3 Å². The lowest BCUT2D eigenvalue weighted by atomic mass is 10.1. The molecule has 1 N–H and O–H groups in total. The highest BCUT2D eigenvalue weighted by atomic mass is 35.5. The molecular weight excluding hydrogens is 361 g/mol. The quantitative estimate of drug-likeness (QED) is 0.834. The van der Waals surface area contributed by atoms with E-state index in [1.54, 1.807) is 24.3 Å². The molecule has 2 aromatic rings. The largest absolute Gasteiger partial charge is 0.548 e. The summed E-state index contributed by atoms with van der Waals surface area (Å²) in [6.07, 6.45) is -0.0632. The van der Waals surface area contributed by atoms with E-state index in [0.29, 0.717) is 15.6 Å². The number of aliphatic carboxylic acids is 1. The van der Waals surface area contributed by atoms with Crippen molar-refractivity contribution in [3.05, 3.63) is 64.1 Å². The highest BCUT2D eigenvalue weighted by Gasteiger charge is 2.21. The molecule has 0 aliphatic carbocycles. The van der Waals surface area contributed by atoms with Crippen LogP contribution in [0.2, 0.25) is 10.0 Å². The molecule has 23 heavy (non-hydrogen) atoms. The molecule has 0 unspecified atom stereocenters. The van der Waals surface area contributed by atoms with Crippen molar-refractivity contribution in [2.75, 3.05) is 0 Å². The van der Waals surface area contributed by atoms with Crippen molar-refractivity contribution >= 4 is 39.2 Å². The minimum atomic E-state index is -4.01. The fourth-order valence-corrected chi connectivity index (χ4v) is 3.33. The Balaban J connectivity index is 2.20. The molecule has 0 radical (unpaired) electrons. The van der Waals surface area contributed by atoms with Crippen molar-refractivity contribution in [3.63, 3.8) is 0 Å². The predicted octanol–water partition coefficient (Wildman–Crippen LogP) is 1.63. The first-order valence-electron chi connectivity index (χ1n) is 6.51. The Morgan fingerprint density at radius 1 is 1.00 bits per heavy atom. The molecule has 8 heteroatoms. The average molecular weight is 373 g/mol. The molecule has 122 valence electrons. The van der Waals surface area contributed by atoms with E-state index in [4.69, 9.17) is 23.2 Å². The van der Waals surface area contributed by atoms with Gasteiger partial charge in [-0.05, 0) is 48.4 Å². The number of rotatable bonds is 6. The van der Waals surface area contributed by atoms with E-state index in [-0.39, 0.29) is 11.3 Å². The highest BCUT2D eigenvalue weighted by Crippen LogP contribution is 2.16. The third kappa shape index (κ3) is 4.94. The van der Waals surface area contributed by atoms with E-state index in [9.17, 15) is 18.3 Å². The van der Waals surface area contributed by atoms with Gasteiger partial charge in [-0.3, -0.25) is 0 Å². The number of hydrogen-bond acceptors (Lipinski definition) is 4. The molecule has 0 aromatic heterocycles. The zero-order chi connectivity index (χ0) is 17.0. The number of hydrogen-bond donors (Lipinski definition) is 1. The first kappa shape index (κ1) is 17.7. The van der Waals surface area contributed by atoms with Crippen LogP contribution in [0.1, 0.15) is 5.56 Å². The summed E-state index contributed by atoms with van der Waals surface area (Å²) >= 11 is 11.5. The average Bonchev–Trinajstić information content (AvgIpc) is 2.49. The summed E-state index contributed by atoms with van der Waals surface area (Å²) in [7, 11) is -4.01.